The van der Waals surface area contributed by atoms with Gasteiger partial charge in [0.2, 0.25) is 0 Å². The molecule has 0 saturated heterocycles. The Bertz CT molecular complexity index is 1260. The maximum atomic E-state index is 13.9. The number of aliphatic hydroxyl groups is 1. The first kappa shape index (κ1) is 29.1. The third kappa shape index (κ3) is 7.31. The van der Waals surface area contributed by atoms with E-state index < -0.39 is 11.9 Å². The van der Waals surface area contributed by atoms with Crippen LogP contribution in [0.25, 0.3) is 5.76 Å². The summed E-state index contributed by atoms with van der Waals surface area (Å²) in [6.07, 6.45) is 1.67. The molecule has 0 unspecified atom stereocenters. The number of carbonyl (C=O) groups excluding carboxylic acids is 2. The molecule has 3 aromatic carbocycles. The van der Waals surface area contributed by atoms with Gasteiger partial charge in [-0.1, -0.05) is 55.8 Å². The zero-order valence-electron chi connectivity index (χ0n) is 23.1. The first-order valence-electron chi connectivity index (χ1n) is 13.3. The molecule has 0 atom stereocenters. The molecule has 0 aliphatic rings. The molecule has 0 bridgehead atoms. The van der Waals surface area contributed by atoms with E-state index in [1.807, 2.05) is 25.1 Å². The summed E-state index contributed by atoms with van der Waals surface area (Å²) in [5.74, 6) is -0.548. The Hall–Kier alpha value is -4.46. The van der Waals surface area contributed by atoms with E-state index in [4.69, 9.17) is 4.74 Å². The van der Waals surface area contributed by atoms with Gasteiger partial charge in [-0.05, 0) is 56.7 Å². The topological polar surface area (TPSA) is 94.1 Å². The molecule has 0 fully saturated rings. The fraction of sp³-hybridized carbons (Fsp3) is 0.290. The van der Waals surface area contributed by atoms with Crippen molar-refractivity contribution in [2.75, 3.05) is 41.9 Å². The summed E-state index contributed by atoms with van der Waals surface area (Å²) in [4.78, 5) is 31.0. The van der Waals surface area contributed by atoms with Crippen LogP contribution in [0.1, 0.15) is 39.2 Å². The summed E-state index contributed by atoms with van der Waals surface area (Å²) in [7, 11) is 1.51. The highest BCUT2D eigenvalue weighted by Crippen LogP contribution is 2.30. The lowest BCUT2D eigenvalue weighted by molar-refractivity contribution is -0.112. The summed E-state index contributed by atoms with van der Waals surface area (Å²) >= 11 is 0. The maximum Gasteiger partial charge on any atom is 0.326 e. The summed E-state index contributed by atoms with van der Waals surface area (Å²) in [6, 6.07) is 22.5. The number of anilines is 3. The minimum Gasteiger partial charge on any atom is -0.505 e. The number of urea groups is 1. The number of rotatable bonds is 12. The van der Waals surface area contributed by atoms with Gasteiger partial charge in [-0.15, -0.1) is 0 Å². The largest absolute Gasteiger partial charge is 0.505 e. The van der Waals surface area contributed by atoms with Crippen molar-refractivity contribution in [1.29, 1.82) is 0 Å². The van der Waals surface area contributed by atoms with E-state index in [-0.39, 0.29) is 11.5 Å². The van der Waals surface area contributed by atoms with Crippen LogP contribution in [0, 0.1) is 0 Å². The van der Waals surface area contributed by atoms with E-state index in [9.17, 15) is 14.7 Å². The molecule has 0 saturated carbocycles. The van der Waals surface area contributed by atoms with Crippen LogP contribution in [-0.4, -0.2) is 43.8 Å². The van der Waals surface area contributed by atoms with Crippen molar-refractivity contribution in [3.8, 4) is 5.75 Å². The van der Waals surface area contributed by atoms with Crippen LogP contribution >= 0.6 is 0 Å². The number of hydrogen-bond acceptors (Lipinski definition) is 5. The van der Waals surface area contributed by atoms with E-state index in [2.05, 4.69) is 29.4 Å². The number of aliphatic hydroxyl groups excluding tert-OH is 1. The van der Waals surface area contributed by atoms with E-state index in [1.54, 1.807) is 60.7 Å². The molecule has 8 nitrogen and oxygen atoms in total. The normalized spacial score (nSPS) is 11.3. The lowest BCUT2D eigenvalue weighted by Crippen LogP contribution is -2.43. The molecule has 0 radical (unpaired) electrons. The van der Waals surface area contributed by atoms with Crippen molar-refractivity contribution in [2.24, 2.45) is 0 Å². The van der Waals surface area contributed by atoms with Crippen LogP contribution in [0.15, 0.2) is 84.6 Å². The Balaban J connectivity index is 2.16. The van der Waals surface area contributed by atoms with E-state index in [1.165, 1.54) is 12.0 Å². The van der Waals surface area contributed by atoms with Gasteiger partial charge in [0.15, 0.2) is 11.5 Å². The predicted molar refractivity (Wildman–Crippen MR) is 158 cm³/mol. The summed E-state index contributed by atoms with van der Waals surface area (Å²) in [5, 5.41) is 17.2. The quantitative estimate of drug-likeness (QED) is 0.143. The standard InChI is InChI=1S/C31H38N4O4/c1-5-8-22-32-31(38)35(25-20-18-24(19-21-25)34(6-2)7-3)28(29(36)23-14-10-9-11-15-23)30(37)33-26-16-12-13-17-27(26)39-4/h9-21,36H,5-8,22H2,1-4H3,(H,32,38)(H,33,37)/b29-28+. The monoisotopic (exact) mass is 530 g/mol. The summed E-state index contributed by atoms with van der Waals surface area (Å²) in [5.41, 5.74) is 2.02. The van der Waals surface area contributed by atoms with Crippen LogP contribution in [-0.2, 0) is 4.79 Å². The van der Waals surface area contributed by atoms with Gasteiger partial charge in [0, 0.05) is 30.9 Å². The van der Waals surface area contributed by atoms with Crippen LogP contribution in [0.5, 0.6) is 5.75 Å². The molecule has 0 spiro atoms. The lowest BCUT2D eigenvalue weighted by atomic mass is 10.1. The minimum atomic E-state index is -0.667. The molecule has 3 aromatic rings. The van der Waals surface area contributed by atoms with Gasteiger partial charge in [-0.2, -0.15) is 0 Å². The molecule has 3 amide bonds. The van der Waals surface area contributed by atoms with Gasteiger partial charge in [0.05, 0.1) is 18.5 Å². The molecule has 8 heteroatoms. The van der Waals surface area contributed by atoms with Crippen molar-refractivity contribution in [1.82, 2.24) is 5.32 Å². The number of ether oxygens (including phenoxy) is 1. The van der Waals surface area contributed by atoms with E-state index in [0.717, 1.165) is 31.6 Å². The van der Waals surface area contributed by atoms with Crippen molar-refractivity contribution in [3.63, 3.8) is 0 Å². The van der Waals surface area contributed by atoms with Crippen molar-refractivity contribution < 1.29 is 19.4 Å². The van der Waals surface area contributed by atoms with Crippen LogP contribution in [0.3, 0.4) is 0 Å². The molecule has 39 heavy (non-hydrogen) atoms. The minimum absolute atomic E-state index is 0.211. The first-order chi connectivity index (χ1) is 18.9. The third-order valence-corrected chi connectivity index (χ3v) is 6.31. The van der Waals surface area contributed by atoms with Gasteiger partial charge in [0.1, 0.15) is 5.75 Å². The zero-order valence-corrected chi connectivity index (χ0v) is 23.1. The third-order valence-electron chi connectivity index (χ3n) is 6.31. The first-order valence-corrected chi connectivity index (χ1v) is 13.3. The van der Waals surface area contributed by atoms with E-state index in [0.29, 0.717) is 29.2 Å². The van der Waals surface area contributed by atoms with Crippen molar-refractivity contribution in [2.45, 2.75) is 33.6 Å². The fourth-order valence-electron chi connectivity index (χ4n) is 4.18. The molecular formula is C31H38N4O4. The van der Waals surface area contributed by atoms with Crippen molar-refractivity contribution >= 4 is 34.8 Å². The molecule has 0 aliphatic carbocycles. The second-order valence-electron chi connectivity index (χ2n) is 8.83. The number of carbonyl (C=O) groups is 2. The molecule has 3 N–H and O–H groups in total. The molecule has 3 rings (SSSR count). The number of methoxy groups -OCH3 is 1. The number of unbranched alkanes of at least 4 members (excludes halogenated alkanes) is 1. The average molecular weight is 531 g/mol. The van der Waals surface area contributed by atoms with Crippen LogP contribution in [0.4, 0.5) is 21.9 Å². The number of para-hydroxylation sites is 2. The molecule has 0 aliphatic heterocycles. The van der Waals surface area contributed by atoms with Crippen LogP contribution in [0.2, 0.25) is 0 Å². The highest BCUT2D eigenvalue weighted by Gasteiger charge is 2.30. The highest BCUT2D eigenvalue weighted by molar-refractivity contribution is 6.16. The smallest absolute Gasteiger partial charge is 0.326 e. The Morgan fingerprint density at radius 3 is 2.08 bits per heavy atom. The Morgan fingerprint density at radius 2 is 1.46 bits per heavy atom. The summed E-state index contributed by atoms with van der Waals surface area (Å²) < 4.78 is 5.40. The molecule has 0 aromatic heterocycles. The lowest BCUT2D eigenvalue weighted by Gasteiger charge is -2.27. The highest BCUT2D eigenvalue weighted by atomic mass is 16.5. The number of hydrogen-bond donors (Lipinski definition) is 3. The summed E-state index contributed by atoms with van der Waals surface area (Å²) in [6.45, 7) is 8.27. The Kier molecular flexibility index (Phi) is 10.8. The Morgan fingerprint density at radius 1 is 0.846 bits per heavy atom. The molecule has 206 valence electrons. The molecular weight excluding hydrogens is 492 g/mol. The van der Waals surface area contributed by atoms with Gasteiger partial charge in [0.25, 0.3) is 5.91 Å². The van der Waals surface area contributed by atoms with Crippen molar-refractivity contribution in [3.05, 3.63) is 90.1 Å². The van der Waals surface area contributed by atoms with E-state index >= 15 is 0 Å². The number of amides is 3. The molecule has 0 heterocycles. The SMILES string of the molecule is CCCCNC(=O)N(/C(C(=O)Nc1ccccc1OC)=C(/O)c1ccccc1)c1ccc(N(CC)CC)cc1. The van der Waals surface area contributed by atoms with Gasteiger partial charge < -0.3 is 25.4 Å². The fourth-order valence-corrected chi connectivity index (χ4v) is 4.18. The van der Waals surface area contributed by atoms with Crippen LogP contribution < -0.4 is 25.2 Å². The maximum absolute atomic E-state index is 13.9. The number of benzene rings is 3. The number of nitrogens with one attached hydrogen (secondary N) is 2. The second kappa shape index (κ2) is 14.5. The van der Waals surface area contributed by atoms with Gasteiger partial charge in [-0.3, -0.25) is 9.69 Å². The van der Waals surface area contributed by atoms with Gasteiger partial charge >= 0.3 is 6.03 Å². The zero-order chi connectivity index (χ0) is 28.2. The number of nitrogens with zero attached hydrogens (tertiary/aromatic N) is 2. The van der Waals surface area contributed by atoms with Gasteiger partial charge in [-0.25, -0.2) is 4.79 Å². The second-order valence-corrected chi connectivity index (χ2v) is 8.83. The predicted octanol–water partition coefficient (Wildman–Crippen LogP) is 6.42. The average Bonchev–Trinajstić information content (AvgIpc) is 2.97. The Labute approximate surface area is 230 Å².